The van der Waals surface area contributed by atoms with Crippen molar-refractivity contribution in [2.24, 2.45) is 0 Å². The Morgan fingerprint density at radius 1 is 1.00 bits per heavy atom. The zero-order valence-electron chi connectivity index (χ0n) is 13.1. The van der Waals surface area contributed by atoms with Crippen LogP contribution in [-0.2, 0) is 0 Å². The van der Waals surface area contributed by atoms with Gasteiger partial charge in [-0.05, 0) is 43.7 Å². The third-order valence-electron chi connectivity index (χ3n) is 3.29. The molecule has 0 aromatic heterocycles. The Kier molecular flexibility index (Phi) is 9.67. The predicted octanol–water partition coefficient (Wildman–Crippen LogP) is 4.90. The van der Waals surface area contributed by atoms with Crippen LogP contribution in [0.25, 0.3) is 0 Å². The predicted molar refractivity (Wildman–Crippen MR) is 83.3 cm³/mol. The smallest absolute Gasteiger partial charge is 0.00391 e. The lowest BCUT2D eigenvalue weighted by atomic mass is 9.87. The summed E-state index contributed by atoms with van der Waals surface area (Å²) in [6, 6.07) is 9.47. The van der Waals surface area contributed by atoms with E-state index in [9.17, 15) is 0 Å². The van der Waals surface area contributed by atoms with Crippen LogP contribution >= 0.6 is 0 Å². The van der Waals surface area contributed by atoms with Gasteiger partial charge in [0.2, 0.25) is 0 Å². The second-order valence-electron chi connectivity index (χ2n) is 4.44. The van der Waals surface area contributed by atoms with Crippen molar-refractivity contribution in [3.63, 3.8) is 0 Å². The third kappa shape index (κ3) is 5.22. The fourth-order valence-corrected chi connectivity index (χ4v) is 2.31. The zero-order valence-corrected chi connectivity index (χ0v) is 13.1. The minimum atomic E-state index is 0.704. The standard InChI is InChI=1S/C13H19N.2C2H6/c1-10-5-3-4-6-13(10)12-8-7-11(2)14-9-12;2*1-2/h3-6,11-12,14H,7-9H2,1-2H3;2*1-2H3. The van der Waals surface area contributed by atoms with Crippen LogP contribution in [0.1, 0.15) is 64.5 Å². The van der Waals surface area contributed by atoms with Crippen molar-refractivity contribution in [3.05, 3.63) is 35.4 Å². The van der Waals surface area contributed by atoms with E-state index in [4.69, 9.17) is 0 Å². The van der Waals surface area contributed by atoms with E-state index in [0.717, 1.165) is 12.5 Å². The highest BCUT2D eigenvalue weighted by Crippen LogP contribution is 2.27. The lowest BCUT2D eigenvalue weighted by molar-refractivity contribution is 0.384. The molecule has 1 N–H and O–H groups in total. The first-order chi connectivity index (χ1) is 8.77. The van der Waals surface area contributed by atoms with Gasteiger partial charge in [-0.15, -0.1) is 0 Å². The summed E-state index contributed by atoms with van der Waals surface area (Å²) in [5.74, 6) is 0.729. The molecule has 0 saturated carbocycles. The van der Waals surface area contributed by atoms with E-state index in [0.29, 0.717) is 6.04 Å². The maximum absolute atomic E-state index is 3.56. The van der Waals surface area contributed by atoms with E-state index in [1.807, 2.05) is 27.7 Å². The molecule has 0 amide bonds. The molecule has 0 aliphatic carbocycles. The molecule has 1 heteroatoms. The molecule has 1 nitrogen and oxygen atoms in total. The molecule has 1 aromatic carbocycles. The van der Waals surface area contributed by atoms with Crippen LogP contribution in [0.2, 0.25) is 0 Å². The van der Waals surface area contributed by atoms with Crippen molar-refractivity contribution in [1.29, 1.82) is 0 Å². The Morgan fingerprint density at radius 3 is 2.11 bits per heavy atom. The molecule has 2 unspecified atom stereocenters. The van der Waals surface area contributed by atoms with Crippen molar-refractivity contribution in [3.8, 4) is 0 Å². The topological polar surface area (TPSA) is 12.0 Å². The maximum atomic E-state index is 3.56. The molecular formula is C17H31N. The highest BCUT2D eigenvalue weighted by atomic mass is 14.9. The van der Waals surface area contributed by atoms with Gasteiger partial charge in [0.15, 0.2) is 0 Å². The minimum absolute atomic E-state index is 0.704. The van der Waals surface area contributed by atoms with Gasteiger partial charge in [-0.3, -0.25) is 0 Å². The van der Waals surface area contributed by atoms with Gasteiger partial charge in [0.25, 0.3) is 0 Å². The van der Waals surface area contributed by atoms with Gasteiger partial charge < -0.3 is 5.32 Å². The molecule has 104 valence electrons. The van der Waals surface area contributed by atoms with Crippen LogP contribution in [0.4, 0.5) is 0 Å². The summed E-state index contributed by atoms with van der Waals surface area (Å²) in [7, 11) is 0. The first kappa shape index (κ1) is 17.2. The average molecular weight is 249 g/mol. The first-order valence-electron chi connectivity index (χ1n) is 7.56. The molecule has 1 heterocycles. The molecule has 2 rings (SSSR count). The number of nitrogens with one attached hydrogen (secondary N) is 1. The van der Waals surface area contributed by atoms with Gasteiger partial charge in [-0.1, -0.05) is 52.0 Å². The Balaban J connectivity index is 0.000000659. The molecule has 18 heavy (non-hydrogen) atoms. The van der Waals surface area contributed by atoms with E-state index in [1.54, 1.807) is 0 Å². The zero-order chi connectivity index (χ0) is 14.0. The van der Waals surface area contributed by atoms with Crippen LogP contribution in [0, 0.1) is 6.92 Å². The molecule has 1 aromatic rings. The SMILES string of the molecule is CC.CC.Cc1ccccc1C1CCC(C)NC1. The molecule has 0 radical (unpaired) electrons. The largest absolute Gasteiger partial charge is 0.314 e. The fraction of sp³-hybridized carbons (Fsp3) is 0.647. The van der Waals surface area contributed by atoms with E-state index < -0.39 is 0 Å². The Bertz CT molecular complexity index is 298. The summed E-state index contributed by atoms with van der Waals surface area (Å²) in [6.45, 7) is 13.6. The molecule has 2 atom stereocenters. The second kappa shape index (κ2) is 10.1. The summed E-state index contributed by atoms with van der Waals surface area (Å²) < 4.78 is 0. The van der Waals surface area contributed by atoms with Gasteiger partial charge in [0, 0.05) is 12.6 Å². The van der Waals surface area contributed by atoms with E-state index >= 15 is 0 Å². The van der Waals surface area contributed by atoms with Gasteiger partial charge in [0.1, 0.15) is 0 Å². The number of hydrogen-bond donors (Lipinski definition) is 1. The van der Waals surface area contributed by atoms with Gasteiger partial charge in [-0.25, -0.2) is 0 Å². The lowest BCUT2D eigenvalue weighted by Crippen LogP contribution is -2.35. The van der Waals surface area contributed by atoms with Crippen LogP contribution in [-0.4, -0.2) is 12.6 Å². The molecular weight excluding hydrogens is 218 g/mol. The van der Waals surface area contributed by atoms with Gasteiger partial charge >= 0.3 is 0 Å². The monoisotopic (exact) mass is 249 g/mol. The highest BCUT2D eigenvalue weighted by molar-refractivity contribution is 5.29. The van der Waals surface area contributed by atoms with Crippen LogP contribution in [0.15, 0.2) is 24.3 Å². The molecule has 1 aliphatic rings. The van der Waals surface area contributed by atoms with E-state index in [2.05, 4.69) is 43.4 Å². The summed E-state index contributed by atoms with van der Waals surface area (Å²) in [6.07, 6.45) is 2.64. The van der Waals surface area contributed by atoms with Crippen LogP contribution < -0.4 is 5.32 Å². The Labute approximate surface area is 114 Å². The van der Waals surface area contributed by atoms with Gasteiger partial charge in [-0.2, -0.15) is 0 Å². The van der Waals surface area contributed by atoms with Crippen molar-refractivity contribution < 1.29 is 0 Å². The number of piperidine rings is 1. The normalized spacial score (nSPS) is 22.1. The van der Waals surface area contributed by atoms with Crippen molar-refractivity contribution in [2.45, 2.75) is 66.3 Å². The molecule has 1 fully saturated rings. The fourth-order valence-electron chi connectivity index (χ4n) is 2.31. The molecule has 1 saturated heterocycles. The van der Waals surface area contributed by atoms with E-state index in [-0.39, 0.29) is 0 Å². The maximum Gasteiger partial charge on any atom is 0.00391 e. The summed E-state index contributed by atoms with van der Waals surface area (Å²) in [5, 5.41) is 3.56. The summed E-state index contributed by atoms with van der Waals surface area (Å²) >= 11 is 0. The summed E-state index contributed by atoms with van der Waals surface area (Å²) in [4.78, 5) is 0. The van der Waals surface area contributed by atoms with Crippen molar-refractivity contribution in [1.82, 2.24) is 5.32 Å². The number of hydrogen-bond acceptors (Lipinski definition) is 1. The molecule has 1 aliphatic heterocycles. The average Bonchev–Trinajstić information content (AvgIpc) is 2.45. The minimum Gasteiger partial charge on any atom is -0.314 e. The molecule has 0 spiro atoms. The van der Waals surface area contributed by atoms with E-state index in [1.165, 1.54) is 24.0 Å². The van der Waals surface area contributed by atoms with Gasteiger partial charge in [0.05, 0.1) is 0 Å². The lowest BCUT2D eigenvalue weighted by Gasteiger charge is -2.28. The van der Waals surface area contributed by atoms with Crippen molar-refractivity contribution >= 4 is 0 Å². The quantitative estimate of drug-likeness (QED) is 0.746. The first-order valence-corrected chi connectivity index (χ1v) is 7.56. The highest BCUT2D eigenvalue weighted by Gasteiger charge is 2.19. The van der Waals surface area contributed by atoms with Crippen molar-refractivity contribution in [2.75, 3.05) is 6.54 Å². The number of rotatable bonds is 1. The summed E-state index contributed by atoms with van der Waals surface area (Å²) in [5.41, 5.74) is 2.97. The molecule has 0 bridgehead atoms. The van der Waals surface area contributed by atoms with Crippen LogP contribution in [0.3, 0.4) is 0 Å². The Morgan fingerprint density at radius 2 is 1.61 bits per heavy atom. The third-order valence-corrected chi connectivity index (χ3v) is 3.29. The van der Waals surface area contributed by atoms with Crippen LogP contribution in [0.5, 0.6) is 0 Å². The number of aryl methyl sites for hydroxylation is 1. The Hall–Kier alpha value is -0.820. The number of benzene rings is 1. The second-order valence-corrected chi connectivity index (χ2v) is 4.44.